The largest absolute Gasteiger partial charge is 0.497 e. The molecular weight excluding hydrogens is 304 g/mol. The number of hydrogen-bond donors (Lipinski definition) is 0. The van der Waals surface area contributed by atoms with Crippen LogP contribution in [0.15, 0.2) is 24.3 Å². The van der Waals surface area contributed by atoms with Gasteiger partial charge in [0.25, 0.3) is 0 Å². The SMILES string of the molecule is COc1cccc(CC(CBr)CC2CCOCC2)c1. The molecule has 1 heterocycles. The topological polar surface area (TPSA) is 18.5 Å². The Morgan fingerprint density at radius 2 is 2.16 bits per heavy atom. The van der Waals surface area contributed by atoms with Crippen molar-refractivity contribution in [2.75, 3.05) is 25.7 Å². The lowest BCUT2D eigenvalue weighted by atomic mass is 9.86. The molecule has 19 heavy (non-hydrogen) atoms. The van der Waals surface area contributed by atoms with Gasteiger partial charge in [-0.25, -0.2) is 0 Å². The van der Waals surface area contributed by atoms with Crippen LogP contribution in [0, 0.1) is 11.8 Å². The number of rotatable bonds is 6. The maximum Gasteiger partial charge on any atom is 0.119 e. The standard InChI is InChI=1S/C16H23BrO2/c1-18-16-4-2-3-14(11-16)10-15(12-17)9-13-5-7-19-8-6-13/h2-4,11,13,15H,5-10,12H2,1H3. The van der Waals surface area contributed by atoms with E-state index >= 15 is 0 Å². The lowest BCUT2D eigenvalue weighted by Gasteiger charge is -2.26. The zero-order valence-electron chi connectivity index (χ0n) is 11.6. The van der Waals surface area contributed by atoms with Crippen LogP contribution in [0.3, 0.4) is 0 Å². The molecule has 0 bridgehead atoms. The number of ether oxygens (including phenoxy) is 2. The van der Waals surface area contributed by atoms with Gasteiger partial charge < -0.3 is 9.47 Å². The Hall–Kier alpha value is -0.540. The monoisotopic (exact) mass is 326 g/mol. The van der Waals surface area contributed by atoms with Crippen LogP contribution in [0.5, 0.6) is 5.75 Å². The van der Waals surface area contributed by atoms with Crippen molar-refractivity contribution in [1.29, 1.82) is 0 Å². The summed E-state index contributed by atoms with van der Waals surface area (Å²) in [6.45, 7) is 1.89. The van der Waals surface area contributed by atoms with E-state index in [4.69, 9.17) is 9.47 Å². The highest BCUT2D eigenvalue weighted by atomic mass is 79.9. The molecule has 2 rings (SSSR count). The Morgan fingerprint density at radius 3 is 2.84 bits per heavy atom. The fraction of sp³-hybridized carbons (Fsp3) is 0.625. The lowest BCUT2D eigenvalue weighted by molar-refractivity contribution is 0.0596. The molecular formula is C16H23BrO2. The van der Waals surface area contributed by atoms with E-state index in [2.05, 4.69) is 34.1 Å². The summed E-state index contributed by atoms with van der Waals surface area (Å²) in [6, 6.07) is 8.43. The molecule has 1 aliphatic rings. The van der Waals surface area contributed by atoms with Gasteiger partial charge in [-0.15, -0.1) is 0 Å². The van der Waals surface area contributed by atoms with Crippen molar-refractivity contribution in [3.8, 4) is 5.75 Å². The van der Waals surface area contributed by atoms with Gasteiger partial charge in [-0.2, -0.15) is 0 Å². The predicted molar refractivity (Wildman–Crippen MR) is 82.1 cm³/mol. The van der Waals surface area contributed by atoms with Gasteiger partial charge in [0.2, 0.25) is 0 Å². The molecule has 106 valence electrons. The molecule has 0 saturated carbocycles. The summed E-state index contributed by atoms with van der Waals surface area (Å²) in [5.74, 6) is 2.49. The Bertz CT molecular complexity index is 375. The molecule has 1 aliphatic heterocycles. The van der Waals surface area contributed by atoms with Crippen molar-refractivity contribution in [2.24, 2.45) is 11.8 Å². The molecule has 1 aromatic rings. The van der Waals surface area contributed by atoms with Gasteiger partial charge in [0, 0.05) is 18.5 Å². The second kappa shape index (κ2) is 7.91. The van der Waals surface area contributed by atoms with Crippen LogP contribution < -0.4 is 4.74 Å². The average Bonchev–Trinajstić information content (AvgIpc) is 2.48. The van der Waals surface area contributed by atoms with Crippen molar-refractivity contribution < 1.29 is 9.47 Å². The highest BCUT2D eigenvalue weighted by Gasteiger charge is 2.19. The van der Waals surface area contributed by atoms with Crippen LogP contribution in [-0.2, 0) is 11.2 Å². The minimum Gasteiger partial charge on any atom is -0.497 e. The van der Waals surface area contributed by atoms with E-state index in [-0.39, 0.29) is 0 Å². The first kappa shape index (κ1) is 14.9. The quantitative estimate of drug-likeness (QED) is 0.734. The third kappa shape index (κ3) is 4.81. The summed E-state index contributed by atoms with van der Waals surface area (Å²) in [7, 11) is 1.73. The number of alkyl halides is 1. The van der Waals surface area contributed by atoms with Crippen molar-refractivity contribution in [3.63, 3.8) is 0 Å². The van der Waals surface area contributed by atoms with Crippen LogP contribution in [0.1, 0.15) is 24.8 Å². The molecule has 1 atom stereocenters. The van der Waals surface area contributed by atoms with Crippen LogP contribution in [0.2, 0.25) is 0 Å². The molecule has 0 aliphatic carbocycles. The van der Waals surface area contributed by atoms with E-state index in [1.54, 1.807) is 7.11 Å². The van der Waals surface area contributed by atoms with Crippen molar-refractivity contribution in [2.45, 2.75) is 25.7 Å². The smallest absolute Gasteiger partial charge is 0.119 e. The van der Waals surface area contributed by atoms with Gasteiger partial charge in [0.05, 0.1) is 7.11 Å². The van der Waals surface area contributed by atoms with Gasteiger partial charge in [0.15, 0.2) is 0 Å². The van der Waals surface area contributed by atoms with E-state index in [0.717, 1.165) is 36.6 Å². The van der Waals surface area contributed by atoms with Crippen LogP contribution in [0.4, 0.5) is 0 Å². The van der Waals surface area contributed by atoms with Gasteiger partial charge in [-0.05, 0) is 55.2 Å². The third-order valence-corrected chi connectivity index (χ3v) is 4.80. The van der Waals surface area contributed by atoms with Crippen LogP contribution in [0.25, 0.3) is 0 Å². The first-order valence-corrected chi connectivity index (χ1v) is 8.20. The summed E-state index contributed by atoms with van der Waals surface area (Å²) in [4.78, 5) is 0. The molecule has 0 N–H and O–H groups in total. The second-order valence-electron chi connectivity index (χ2n) is 5.37. The Morgan fingerprint density at radius 1 is 1.37 bits per heavy atom. The summed E-state index contributed by atoms with van der Waals surface area (Å²) in [5.41, 5.74) is 1.37. The minimum atomic E-state index is 0.704. The first-order valence-electron chi connectivity index (χ1n) is 7.08. The second-order valence-corrected chi connectivity index (χ2v) is 6.01. The minimum absolute atomic E-state index is 0.704. The third-order valence-electron chi connectivity index (χ3n) is 3.88. The molecule has 0 amide bonds. The van der Waals surface area contributed by atoms with E-state index < -0.39 is 0 Å². The van der Waals surface area contributed by atoms with E-state index in [9.17, 15) is 0 Å². The van der Waals surface area contributed by atoms with E-state index in [0.29, 0.717) is 5.92 Å². The predicted octanol–water partition coefficient (Wildman–Crippen LogP) is 4.07. The van der Waals surface area contributed by atoms with E-state index in [1.807, 2.05) is 6.07 Å². The lowest BCUT2D eigenvalue weighted by Crippen LogP contribution is -2.20. The van der Waals surface area contributed by atoms with Gasteiger partial charge >= 0.3 is 0 Å². The normalized spacial score (nSPS) is 18.2. The fourth-order valence-corrected chi connectivity index (χ4v) is 3.28. The summed E-state index contributed by atoms with van der Waals surface area (Å²) < 4.78 is 10.7. The molecule has 1 aromatic carbocycles. The molecule has 0 spiro atoms. The van der Waals surface area contributed by atoms with E-state index in [1.165, 1.54) is 24.8 Å². The maximum atomic E-state index is 5.44. The van der Waals surface area contributed by atoms with Crippen molar-refractivity contribution in [3.05, 3.63) is 29.8 Å². The molecule has 3 heteroatoms. The zero-order chi connectivity index (χ0) is 13.5. The average molecular weight is 327 g/mol. The molecule has 1 unspecified atom stereocenters. The molecule has 0 aromatic heterocycles. The molecule has 2 nitrogen and oxygen atoms in total. The number of benzene rings is 1. The van der Waals surface area contributed by atoms with Crippen molar-refractivity contribution >= 4 is 15.9 Å². The van der Waals surface area contributed by atoms with Crippen molar-refractivity contribution in [1.82, 2.24) is 0 Å². The van der Waals surface area contributed by atoms with Gasteiger partial charge in [-0.3, -0.25) is 0 Å². The number of methoxy groups -OCH3 is 1. The number of halogens is 1. The highest BCUT2D eigenvalue weighted by molar-refractivity contribution is 9.09. The zero-order valence-corrected chi connectivity index (χ0v) is 13.2. The molecule has 1 fully saturated rings. The highest BCUT2D eigenvalue weighted by Crippen LogP contribution is 2.27. The summed E-state index contributed by atoms with van der Waals surface area (Å²) in [5, 5.41) is 1.07. The Labute approximate surface area is 124 Å². The first-order chi connectivity index (χ1) is 9.31. The van der Waals surface area contributed by atoms with Gasteiger partial charge in [-0.1, -0.05) is 28.1 Å². The van der Waals surface area contributed by atoms with Gasteiger partial charge in [0.1, 0.15) is 5.75 Å². The summed E-state index contributed by atoms with van der Waals surface area (Å²) >= 11 is 3.67. The molecule has 0 radical (unpaired) electrons. The molecule has 1 saturated heterocycles. The number of hydrogen-bond acceptors (Lipinski definition) is 2. The Balaban J connectivity index is 1.90. The Kier molecular flexibility index (Phi) is 6.18. The summed E-state index contributed by atoms with van der Waals surface area (Å²) in [6.07, 6.45) is 4.87. The van der Waals surface area contributed by atoms with Crippen LogP contribution >= 0.6 is 15.9 Å². The fourth-order valence-electron chi connectivity index (χ4n) is 2.79. The maximum absolute atomic E-state index is 5.44. The van der Waals surface area contributed by atoms with Crippen LogP contribution in [-0.4, -0.2) is 25.7 Å².